The van der Waals surface area contributed by atoms with Crippen LogP contribution in [0, 0.1) is 0 Å². The van der Waals surface area contributed by atoms with Crippen LogP contribution >= 0.6 is 11.3 Å². The van der Waals surface area contributed by atoms with Crippen molar-refractivity contribution in [3.8, 4) is 0 Å². The standard InChI is InChI=1S/C17H22N4O4S2/c1-20-6-8-21(9-7-20)27(23,24)12-4-5-13-15(11-12)26-17(18-13)19-16(22)14-3-2-10-25-14/h4-5,11,14H,2-3,6-10H2,1H3,(H,18,19,22). The molecule has 1 N–H and O–H groups in total. The number of sulfonamides is 1. The van der Waals surface area contributed by atoms with Gasteiger partial charge in [-0.05, 0) is 38.1 Å². The average molecular weight is 411 g/mol. The van der Waals surface area contributed by atoms with E-state index >= 15 is 0 Å². The number of likely N-dealkylation sites (N-methyl/N-ethyl adjacent to an activating group) is 1. The first-order chi connectivity index (χ1) is 12.9. The highest BCUT2D eigenvalue weighted by molar-refractivity contribution is 7.89. The second-order valence-electron chi connectivity index (χ2n) is 6.85. The summed E-state index contributed by atoms with van der Waals surface area (Å²) < 4.78 is 33.4. The fourth-order valence-electron chi connectivity index (χ4n) is 3.27. The molecule has 1 aromatic carbocycles. The number of benzene rings is 1. The Hall–Kier alpha value is -1.59. The maximum absolute atomic E-state index is 12.9. The van der Waals surface area contributed by atoms with Crippen molar-refractivity contribution >= 4 is 42.6 Å². The van der Waals surface area contributed by atoms with E-state index in [-0.39, 0.29) is 10.8 Å². The zero-order valence-electron chi connectivity index (χ0n) is 15.1. The Bertz CT molecular complexity index is 945. The molecule has 1 unspecified atom stereocenters. The Morgan fingerprint density at radius 1 is 1.30 bits per heavy atom. The second-order valence-corrected chi connectivity index (χ2v) is 9.82. The van der Waals surface area contributed by atoms with E-state index < -0.39 is 16.1 Å². The summed E-state index contributed by atoms with van der Waals surface area (Å²) in [7, 11) is -1.54. The molecule has 2 saturated heterocycles. The van der Waals surface area contributed by atoms with Crippen LogP contribution in [-0.2, 0) is 19.6 Å². The number of ether oxygens (including phenoxy) is 1. The SMILES string of the molecule is CN1CCN(S(=O)(=O)c2ccc3nc(NC(=O)C4CCCO4)sc3c2)CC1. The average Bonchev–Trinajstić information content (AvgIpc) is 3.30. The van der Waals surface area contributed by atoms with E-state index in [1.54, 1.807) is 18.2 Å². The molecule has 0 aliphatic carbocycles. The van der Waals surface area contributed by atoms with Crippen LogP contribution in [0.5, 0.6) is 0 Å². The van der Waals surface area contributed by atoms with Crippen molar-refractivity contribution in [2.45, 2.75) is 23.8 Å². The molecule has 0 radical (unpaired) electrons. The molecule has 0 bridgehead atoms. The van der Waals surface area contributed by atoms with Crippen molar-refractivity contribution in [2.24, 2.45) is 0 Å². The van der Waals surface area contributed by atoms with E-state index in [2.05, 4.69) is 15.2 Å². The minimum Gasteiger partial charge on any atom is -0.368 e. The van der Waals surface area contributed by atoms with Crippen molar-refractivity contribution in [2.75, 3.05) is 45.2 Å². The molecule has 4 rings (SSSR count). The van der Waals surface area contributed by atoms with Crippen molar-refractivity contribution in [1.82, 2.24) is 14.2 Å². The summed E-state index contributed by atoms with van der Waals surface area (Å²) in [6.45, 7) is 3.03. The molecule has 2 aromatic rings. The lowest BCUT2D eigenvalue weighted by Crippen LogP contribution is -2.46. The molecule has 0 saturated carbocycles. The lowest BCUT2D eigenvalue weighted by atomic mass is 10.2. The van der Waals surface area contributed by atoms with Crippen molar-refractivity contribution in [1.29, 1.82) is 0 Å². The van der Waals surface area contributed by atoms with Crippen LogP contribution in [0.15, 0.2) is 23.1 Å². The highest BCUT2D eigenvalue weighted by Crippen LogP contribution is 2.30. The summed E-state index contributed by atoms with van der Waals surface area (Å²) in [5.74, 6) is -0.197. The molecular formula is C17H22N4O4S2. The number of hydrogen-bond acceptors (Lipinski definition) is 7. The Kier molecular flexibility index (Phi) is 5.17. The van der Waals surface area contributed by atoms with Crippen LogP contribution < -0.4 is 5.32 Å². The smallest absolute Gasteiger partial charge is 0.255 e. The van der Waals surface area contributed by atoms with E-state index in [1.807, 2.05) is 7.05 Å². The molecule has 3 heterocycles. The number of fused-ring (bicyclic) bond motifs is 1. The summed E-state index contributed by atoms with van der Waals surface area (Å²) in [4.78, 5) is 18.9. The molecule has 1 aromatic heterocycles. The predicted molar refractivity (Wildman–Crippen MR) is 103 cm³/mol. The summed E-state index contributed by atoms with van der Waals surface area (Å²) in [5, 5.41) is 3.24. The molecule has 27 heavy (non-hydrogen) atoms. The van der Waals surface area contributed by atoms with Gasteiger partial charge in [-0.2, -0.15) is 4.31 Å². The van der Waals surface area contributed by atoms with Crippen molar-refractivity contribution < 1.29 is 17.9 Å². The normalized spacial score (nSPS) is 22.3. The highest BCUT2D eigenvalue weighted by atomic mass is 32.2. The number of aromatic nitrogens is 1. The van der Waals surface area contributed by atoms with E-state index in [4.69, 9.17) is 4.74 Å². The van der Waals surface area contributed by atoms with Gasteiger partial charge < -0.3 is 9.64 Å². The van der Waals surface area contributed by atoms with Gasteiger partial charge in [0.2, 0.25) is 10.0 Å². The molecule has 1 atom stereocenters. The maximum atomic E-state index is 12.9. The van der Waals surface area contributed by atoms with Gasteiger partial charge in [-0.1, -0.05) is 11.3 Å². The summed E-state index contributed by atoms with van der Waals surface area (Å²) in [6, 6.07) is 4.92. The minimum atomic E-state index is -3.53. The summed E-state index contributed by atoms with van der Waals surface area (Å²) in [5.41, 5.74) is 0.667. The first kappa shape index (κ1) is 18.8. The van der Waals surface area contributed by atoms with Gasteiger partial charge in [0.25, 0.3) is 5.91 Å². The topological polar surface area (TPSA) is 91.8 Å². The largest absolute Gasteiger partial charge is 0.368 e. The van der Waals surface area contributed by atoms with E-state index in [0.717, 1.165) is 24.2 Å². The Morgan fingerprint density at radius 3 is 2.78 bits per heavy atom. The summed E-state index contributed by atoms with van der Waals surface area (Å²) >= 11 is 1.27. The Balaban J connectivity index is 1.54. The van der Waals surface area contributed by atoms with Crippen molar-refractivity contribution in [3.63, 3.8) is 0 Å². The molecule has 0 spiro atoms. The third-order valence-electron chi connectivity index (χ3n) is 4.91. The third-order valence-corrected chi connectivity index (χ3v) is 7.74. The fraction of sp³-hybridized carbons (Fsp3) is 0.529. The first-order valence-corrected chi connectivity index (χ1v) is 11.2. The first-order valence-electron chi connectivity index (χ1n) is 8.95. The number of nitrogens with zero attached hydrogens (tertiary/aromatic N) is 3. The molecule has 2 aliphatic rings. The number of anilines is 1. The lowest BCUT2D eigenvalue weighted by Gasteiger charge is -2.31. The molecule has 2 fully saturated rings. The van der Waals surface area contributed by atoms with Gasteiger partial charge in [-0.3, -0.25) is 10.1 Å². The number of amides is 1. The van der Waals surface area contributed by atoms with Gasteiger partial charge in [0.15, 0.2) is 5.13 Å². The molecule has 8 nitrogen and oxygen atoms in total. The maximum Gasteiger partial charge on any atom is 0.255 e. The van der Waals surface area contributed by atoms with Gasteiger partial charge in [0.1, 0.15) is 6.10 Å². The number of hydrogen-bond donors (Lipinski definition) is 1. The molecule has 10 heteroatoms. The van der Waals surface area contributed by atoms with E-state index in [9.17, 15) is 13.2 Å². The molecular weight excluding hydrogens is 388 g/mol. The second kappa shape index (κ2) is 7.44. The Morgan fingerprint density at radius 2 is 2.07 bits per heavy atom. The predicted octanol–water partition coefficient (Wildman–Crippen LogP) is 1.35. The number of carbonyl (C=O) groups is 1. The zero-order chi connectivity index (χ0) is 19.0. The molecule has 146 valence electrons. The highest BCUT2D eigenvalue weighted by Gasteiger charge is 2.28. The number of rotatable bonds is 4. The van der Waals surface area contributed by atoms with Crippen LogP contribution in [0.3, 0.4) is 0 Å². The van der Waals surface area contributed by atoms with Gasteiger partial charge in [-0.25, -0.2) is 13.4 Å². The monoisotopic (exact) mass is 410 g/mol. The quantitative estimate of drug-likeness (QED) is 0.818. The zero-order valence-corrected chi connectivity index (χ0v) is 16.7. The Labute approximate surface area is 162 Å². The van der Waals surface area contributed by atoms with Crippen LogP contribution in [0.2, 0.25) is 0 Å². The molecule has 2 aliphatic heterocycles. The fourth-order valence-corrected chi connectivity index (χ4v) is 5.70. The van der Waals surface area contributed by atoms with Crippen LogP contribution in [0.4, 0.5) is 5.13 Å². The van der Waals surface area contributed by atoms with Crippen molar-refractivity contribution in [3.05, 3.63) is 18.2 Å². The number of carbonyl (C=O) groups excluding carboxylic acids is 1. The lowest BCUT2D eigenvalue weighted by molar-refractivity contribution is -0.124. The molecule has 1 amide bonds. The van der Waals surface area contributed by atoms with E-state index in [1.165, 1.54) is 15.6 Å². The van der Waals surface area contributed by atoms with Gasteiger partial charge in [-0.15, -0.1) is 0 Å². The number of thiazole rings is 1. The van der Waals surface area contributed by atoms with Crippen LogP contribution in [0.25, 0.3) is 10.2 Å². The van der Waals surface area contributed by atoms with Gasteiger partial charge >= 0.3 is 0 Å². The number of piperazine rings is 1. The number of nitrogens with one attached hydrogen (secondary N) is 1. The minimum absolute atomic E-state index is 0.197. The third kappa shape index (κ3) is 3.85. The van der Waals surface area contributed by atoms with Gasteiger partial charge in [0, 0.05) is 32.8 Å². The summed E-state index contributed by atoms with van der Waals surface area (Å²) in [6.07, 6.45) is 1.17. The van der Waals surface area contributed by atoms with E-state index in [0.29, 0.717) is 36.8 Å². The van der Waals surface area contributed by atoms with Crippen LogP contribution in [-0.4, -0.2) is 74.5 Å². The van der Waals surface area contributed by atoms with Gasteiger partial charge in [0.05, 0.1) is 15.1 Å². The van der Waals surface area contributed by atoms with Crippen LogP contribution in [0.1, 0.15) is 12.8 Å².